The molecule has 0 saturated carbocycles. The molecule has 0 amide bonds. The molecule has 0 aliphatic rings. The van der Waals surface area contributed by atoms with Crippen LogP contribution in [0.15, 0.2) is 23.1 Å². The number of hydrogen-bond acceptors (Lipinski definition) is 4. The molecule has 0 saturated heterocycles. The van der Waals surface area contributed by atoms with Gasteiger partial charge in [0.15, 0.2) is 0 Å². The Morgan fingerprint density at radius 3 is 2.57 bits per heavy atom. The van der Waals surface area contributed by atoms with Crippen LogP contribution in [0.1, 0.15) is 39.1 Å². The molecule has 0 aliphatic carbocycles. The van der Waals surface area contributed by atoms with E-state index in [0.29, 0.717) is 6.54 Å². The summed E-state index contributed by atoms with van der Waals surface area (Å²) in [5.41, 5.74) is 2.69. The summed E-state index contributed by atoms with van der Waals surface area (Å²) in [6, 6.07) is 3.90. The minimum atomic E-state index is -0.109. The lowest BCUT2D eigenvalue weighted by Gasteiger charge is -2.11. The number of hydrogen-bond donors (Lipinski definition) is 1. The van der Waals surface area contributed by atoms with Crippen LogP contribution in [-0.4, -0.2) is 25.6 Å². The molecule has 2 rings (SSSR count). The first-order chi connectivity index (χ1) is 10.0. The van der Waals surface area contributed by atoms with Gasteiger partial charge in [0, 0.05) is 18.7 Å². The summed E-state index contributed by atoms with van der Waals surface area (Å²) in [7, 11) is 0. The predicted molar refractivity (Wildman–Crippen MR) is 83.6 cm³/mol. The van der Waals surface area contributed by atoms with Gasteiger partial charge in [-0.1, -0.05) is 6.92 Å². The molecule has 6 heteroatoms. The Balaban J connectivity index is 2.23. The Morgan fingerprint density at radius 1 is 1.24 bits per heavy atom. The van der Waals surface area contributed by atoms with Crippen LogP contribution in [0.3, 0.4) is 0 Å². The highest BCUT2D eigenvalue weighted by atomic mass is 16.1. The van der Waals surface area contributed by atoms with Crippen molar-refractivity contribution in [3.8, 4) is 0 Å². The molecule has 0 aliphatic heterocycles. The van der Waals surface area contributed by atoms with Crippen molar-refractivity contribution in [2.45, 2.75) is 53.2 Å². The lowest BCUT2D eigenvalue weighted by Crippen LogP contribution is -2.25. The van der Waals surface area contributed by atoms with Crippen molar-refractivity contribution in [2.75, 3.05) is 5.32 Å². The zero-order valence-electron chi connectivity index (χ0n) is 13.1. The molecule has 1 N–H and O–H groups in total. The highest BCUT2D eigenvalue weighted by Gasteiger charge is 2.08. The van der Waals surface area contributed by atoms with Crippen molar-refractivity contribution in [3.63, 3.8) is 0 Å². The minimum absolute atomic E-state index is 0.109. The van der Waals surface area contributed by atoms with Gasteiger partial charge in [0.1, 0.15) is 0 Å². The van der Waals surface area contributed by atoms with E-state index in [9.17, 15) is 4.79 Å². The second-order valence-electron chi connectivity index (χ2n) is 5.34. The number of aryl methyl sites for hydroxylation is 2. The van der Waals surface area contributed by atoms with Crippen molar-refractivity contribution >= 4 is 5.69 Å². The van der Waals surface area contributed by atoms with Crippen LogP contribution < -0.4 is 10.9 Å². The van der Waals surface area contributed by atoms with Gasteiger partial charge in [0.05, 0.1) is 29.8 Å². The average Bonchev–Trinajstić information content (AvgIpc) is 2.83. The number of nitrogens with zero attached hydrogens (tertiary/aromatic N) is 4. The molecular weight excluding hydrogens is 266 g/mol. The second-order valence-corrected chi connectivity index (χ2v) is 5.34. The molecule has 0 atom stereocenters. The summed E-state index contributed by atoms with van der Waals surface area (Å²) < 4.78 is 3.39. The number of nitrogens with one attached hydrogen (secondary N) is 1. The van der Waals surface area contributed by atoms with E-state index in [1.807, 2.05) is 31.5 Å². The SMILES string of the molecule is CCc1cc(Cn2ncc(NC(C)C)cc2=O)n(CC)n1. The summed E-state index contributed by atoms with van der Waals surface area (Å²) in [6.45, 7) is 9.40. The van der Waals surface area contributed by atoms with Gasteiger partial charge in [-0.3, -0.25) is 9.48 Å². The van der Waals surface area contributed by atoms with Crippen LogP contribution in [0.4, 0.5) is 5.69 Å². The quantitative estimate of drug-likeness (QED) is 0.882. The lowest BCUT2D eigenvalue weighted by atomic mass is 10.3. The maximum atomic E-state index is 12.1. The van der Waals surface area contributed by atoms with Crippen molar-refractivity contribution in [1.82, 2.24) is 19.6 Å². The van der Waals surface area contributed by atoms with E-state index in [1.54, 1.807) is 12.3 Å². The van der Waals surface area contributed by atoms with E-state index < -0.39 is 0 Å². The van der Waals surface area contributed by atoms with Crippen LogP contribution >= 0.6 is 0 Å². The van der Waals surface area contributed by atoms with Crippen molar-refractivity contribution < 1.29 is 0 Å². The largest absolute Gasteiger partial charge is 0.381 e. The van der Waals surface area contributed by atoms with Gasteiger partial charge in [-0.2, -0.15) is 10.2 Å². The molecule has 0 fully saturated rings. The van der Waals surface area contributed by atoms with Crippen LogP contribution in [0, 0.1) is 0 Å². The highest BCUT2D eigenvalue weighted by molar-refractivity contribution is 5.39. The standard InChI is InChI=1S/C15H23N5O/c1-5-12-7-14(19(6-2)18-12)10-20-15(21)8-13(9-16-20)17-11(3)4/h7-9,11,17H,5-6,10H2,1-4H3. The van der Waals surface area contributed by atoms with Gasteiger partial charge in [-0.25, -0.2) is 4.68 Å². The van der Waals surface area contributed by atoms with E-state index in [0.717, 1.165) is 30.0 Å². The molecule has 114 valence electrons. The third-order valence-electron chi connectivity index (χ3n) is 3.21. The van der Waals surface area contributed by atoms with E-state index in [-0.39, 0.29) is 11.6 Å². The second kappa shape index (κ2) is 6.56. The zero-order valence-corrected chi connectivity index (χ0v) is 13.1. The number of rotatable bonds is 6. The minimum Gasteiger partial charge on any atom is -0.381 e. The van der Waals surface area contributed by atoms with Crippen LogP contribution in [0.5, 0.6) is 0 Å². The summed E-state index contributed by atoms with van der Waals surface area (Å²) >= 11 is 0. The van der Waals surface area contributed by atoms with Crippen molar-refractivity contribution in [3.05, 3.63) is 40.1 Å². The Morgan fingerprint density at radius 2 is 2.00 bits per heavy atom. The third kappa shape index (κ3) is 3.71. The topological polar surface area (TPSA) is 64.7 Å². The first kappa shape index (κ1) is 15.3. The first-order valence-electron chi connectivity index (χ1n) is 7.42. The van der Waals surface area contributed by atoms with Gasteiger partial charge in [0.2, 0.25) is 0 Å². The molecule has 0 aromatic carbocycles. The van der Waals surface area contributed by atoms with Gasteiger partial charge >= 0.3 is 0 Å². The molecule has 2 heterocycles. The monoisotopic (exact) mass is 289 g/mol. The molecule has 2 aromatic rings. The third-order valence-corrected chi connectivity index (χ3v) is 3.21. The molecule has 0 unspecified atom stereocenters. The van der Waals surface area contributed by atoms with E-state index >= 15 is 0 Å². The van der Waals surface area contributed by atoms with E-state index in [2.05, 4.69) is 22.4 Å². The first-order valence-corrected chi connectivity index (χ1v) is 7.42. The van der Waals surface area contributed by atoms with Crippen LogP contribution in [-0.2, 0) is 19.5 Å². The Labute approximate surface area is 124 Å². The lowest BCUT2D eigenvalue weighted by molar-refractivity contribution is 0.558. The smallest absolute Gasteiger partial charge is 0.269 e. The fourth-order valence-corrected chi connectivity index (χ4v) is 2.21. The Bertz CT molecular complexity index is 656. The fraction of sp³-hybridized carbons (Fsp3) is 0.533. The van der Waals surface area contributed by atoms with Crippen molar-refractivity contribution in [2.24, 2.45) is 0 Å². The number of anilines is 1. The molecule has 0 spiro atoms. The van der Waals surface area contributed by atoms with Gasteiger partial charge in [-0.15, -0.1) is 0 Å². The molecule has 0 radical (unpaired) electrons. The van der Waals surface area contributed by atoms with Crippen molar-refractivity contribution in [1.29, 1.82) is 0 Å². The Kier molecular flexibility index (Phi) is 4.77. The Hall–Kier alpha value is -2.11. The highest BCUT2D eigenvalue weighted by Crippen LogP contribution is 2.07. The van der Waals surface area contributed by atoms with E-state index in [4.69, 9.17) is 0 Å². The molecule has 6 nitrogen and oxygen atoms in total. The molecule has 0 bridgehead atoms. The molecular formula is C15H23N5O. The van der Waals surface area contributed by atoms with Gasteiger partial charge in [0.25, 0.3) is 5.56 Å². The van der Waals surface area contributed by atoms with Gasteiger partial charge in [-0.05, 0) is 33.3 Å². The normalized spacial score (nSPS) is 11.1. The molecule has 2 aromatic heterocycles. The molecule has 21 heavy (non-hydrogen) atoms. The maximum Gasteiger partial charge on any atom is 0.269 e. The van der Waals surface area contributed by atoms with Crippen LogP contribution in [0.2, 0.25) is 0 Å². The predicted octanol–water partition coefficient (Wildman–Crippen LogP) is 1.89. The van der Waals surface area contributed by atoms with Gasteiger partial charge < -0.3 is 5.32 Å². The zero-order chi connectivity index (χ0) is 15.4. The summed E-state index contributed by atoms with van der Waals surface area (Å²) in [5, 5.41) is 11.9. The number of aromatic nitrogens is 4. The van der Waals surface area contributed by atoms with E-state index in [1.165, 1.54) is 4.68 Å². The summed E-state index contributed by atoms with van der Waals surface area (Å²) in [6.07, 6.45) is 2.58. The average molecular weight is 289 g/mol. The summed E-state index contributed by atoms with van der Waals surface area (Å²) in [5.74, 6) is 0. The van der Waals surface area contributed by atoms with Crippen LogP contribution in [0.25, 0.3) is 0 Å². The fourth-order valence-electron chi connectivity index (χ4n) is 2.21. The maximum absolute atomic E-state index is 12.1. The summed E-state index contributed by atoms with van der Waals surface area (Å²) in [4.78, 5) is 12.1.